The lowest BCUT2D eigenvalue weighted by atomic mass is 10.2. The van der Waals surface area contributed by atoms with Crippen molar-refractivity contribution in [1.82, 2.24) is 10.6 Å². The molecule has 0 saturated carbocycles. The molecule has 0 heterocycles. The Labute approximate surface area is 155 Å². The lowest BCUT2D eigenvalue weighted by molar-refractivity contribution is 0.310. The van der Waals surface area contributed by atoms with Crippen molar-refractivity contribution in [1.29, 1.82) is 0 Å². The maximum atomic E-state index is 5.69. The quantitative estimate of drug-likeness (QED) is 0.229. The van der Waals surface area contributed by atoms with Crippen molar-refractivity contribution < 1.29 is 9.47 Å². The number of hydrogen-bond donors (Lipinski definition) is 2. The van der Waals surface area contributed by atoms with E-state index >= 15 is 0 Å². The van der Waals surface area contributed by atoms with Crippen molar-refractivity contribution in [3.63, 3.8) is 0 Å². The number of nitrogens with one attached hydrogen (secondary N) is 2. The molecule has 0 bridgehead atoms. The van der Waals surface area contributed by atoms with Crippen molar-refractivity contribution in [3.05, 3.63) is 36.4 Å². The number of aliphatic imine (C=N–C) groups is 1. The van der Waals surface area contributed by atoms with Gasteiger partial charge in [-0.1, -0.05) is 12.2 Å². The van der Waals surface area contributed by atoms with Crippen LogP contribution in [0.1, 0.15) is 19.3 Å². The summed E-state index contributed by atoms with van der Waals surface area (Å²) in [5, 5.41) is 6.72. The summed E-state index contributed by atoms with van der Waals surface area (Å²) in [6, 6.07) is 8.10. The normalized spacial score (nSPS) is 14.3. The molecule has 6 heteroatoms. The van der Waals surface area contributed by atoms with E-state index in [1.165, 1.54) is 0 Å². The molecule has 0 spiro atoms. The zero-order valence-corrected chi connectivity index (χ0v) is 16.1. The van der Waals surface area contributed by atoms with Crippen molar-refractivity contribution >= 4 is 29.9 Å². The first-order valence-corrected chi connectivity index (χ1v) is 7.71. The van der Waals surface area contributed by atoms with Crippen LogP contribution in [0.4, 0.5) is 0 Å². The minimum atomic E-state index is 0. The SMILES string of the molecule is CN=C(NCCCOc1ccc(OC)cc1)NC1CC=CC1.I. The third-order valence-electron chi connectivity index (χ3n) is 3.51. The molecular weight excluding hydrogens is 405 g/mol. The van der Waals surface area contributed by atoms with Crippen LogP contribution in [0.2, 0.25) is 0 Å². The minimum absolute atomic E-state index is 0. The summed E-state index contributed by atoms with van der Waals surface area (Å²) >= 11 is 0. The minimum Gasteiger partial charge on any atom is -0.497 e. The molecule has 5 nitrogen and oxygen atoms in total. The third-order valence-corrected chi connectivity index (χ3v) is 3.51. The van der Waals surface area contributed by atoms with E-state index in [0.29, 0.717) is 12.6 Å². The van der Waals surface area contributed by atoms with Gasteiger partial charge in [0.15, 0.2) is 5.96 Å². The fraction of sp³-hybridized carbons (Fsp3) is 0.471. The number of methoxy groups -OCH3 is 1. The van der Waals surface area contributed by atoms with Gasteiger partial charge in [-0.3, -0.25) is 4.99 Å². The number of guanidine groups is 1. The van der Waals surface area contributed by atoms with E-state index in [1.54, 1.807) is 14.2 Å². The molecule has 0 aliphatic heterocycles. The second-order valence-corrected chi connectivity index (χ2v) is 5.16. The molecule has 23 heavy (non-hydrogen) atoms. The van der Waals surface area contributed by atoms with E-state index in [4.69, 9.17) is 9.47 Å². The summed E-state index contributed by atoms with van der Waals surface area (Å²) in [6.07, 6.45) is 7.46. The van der Waals surface area contributed by atoms with Gasteiger partial charge in [0.1, 0.15) is 11.5 Å². The van der Waals surface area contributed by atoms with Gasteiger partial charge in [0.25, 0.3) is 0 Å². The Kier molecular flexibility index (Phi) is 9.51. The molecule has 0 aromatic heterocycles. The Morgan fingerprint density at radius 1 is 1.17 bits per heavy atom. The molecule has 1 aliphatic rings. The van der Waals surface area contributed by atoms with Crippen LogP contribution in [-0.2, 0) is 0 Å². The van der Waals surface area contributed by atoms with Crippen LogP contribution < -0.4 is 20.1 Å². The van der Waals surface area contributed by atoms with E-state index < -0.39 is 0 Å². The molecule has 2 N–H and O–H groups in total. The fourth-order valence-corrected chi connectivity index (χ4v) is 2.26. The second-order valence-electron chi connectivity index (χ2n) is 5.16. The maximum Gasteiger partial charge on any atom is 0.191 e. The number of ether oxygens (including phenoxy) is 2. The summed E-state index contributed by atoms with van der Waals surface area (Å²) in [4.78, 5) is 4.24. The summed E-state index contributed by atoms with van der Waals surface area (Å²) in [6.45, 7) is 1.50. The molecule has 0 amide bonds. The topological polar surface area (TPSA) is 54.9 Å². The number of nitrogens with zero attached hydrogens (tertiary/aromatic N) is 1. The highest BCUT2D eigenvalue weighted by Crippen LogP contribution is 2.16. The van der Waals surface area contributed by atoms with Crippen molar-refractivity contribution in [3.8, 4) is 11.5 Å². The molecule has 0 radical (unpaired) electrons. The lowest BCUT2D eigenvalue weighted by Crippen LogP contribution is -2.42. The van der Waals surface area contributed by atoms with Crippen LogP contribution in [0.3, 0.4) is 0 Å². The average molecular weight is 431 g/mol. The molecular formula is C17H26IN3O2. The van der Waals surface area contributed by atoms with Gasteiger partial charge in [0, 0.05) is 19.6 Å². The molecule has 1 aromatic rings. The first-order valence-electron chi connectivity index (χ1n) is 7.71. The van der Waals surface area contributed by atoms with Crippen LogP contribution in [0.15, 0.2) is 41.4 Å². The Balaban J connectivity index is 0.00000264. The van der Waals surface area contributed by atoms with Gasteiger partial charge in [-0.25, -0.2) is 0 Å². The van der Waals surface area contributed by atoms with Gasteiger partial charge in [-0.05, 0) is 43.5 Å². The second kappa shape index (κ2) is 11.2. The Bertz CT molecular complexity index is 495. The predicted octanol–water partition coefficient (Wildman–Crippen LogP) is 2.97. The lowest BCUT2D eigenvalue weighted by Gasteiger charge is -2.16. The molecule has 128 valence electrons. The molecule has 0 saturated heterocycles. The highest BCUT2D eigenvalue weighted by Gasteiger charge is 2.10. The van der Waals surface area contributed by atoms with Crippen LogP contribution in [0, 0.1) is 0 Å². The standard InChI is InChI=1S/C17H25N3O2.HI/c1-18-17(20-14-6-3-4-7-14)19-12-5-13-22-16-10-8-15(21-2)9-11-16;/h3-4,8-11,14H,5-7,12-13H2,1-2H3,(H2,18,19,20);1H. The zero-order chi connectivity index (χ0) is 15.6. The number of halogens is 1. The summed E-state index contributed by atoms with van der Waals surface area (Å²) in [5.74, 6) is 2.56. The van der Waals surface area contributed by atoms with E-state index in [-0.39, 0.29) is 24.0 Å². The third kappa shape index (κ3) is 7.11. The Hall–Kier alpha value is -1.44. The van der Waals surface area contributed by atoms with E-state index in [1.807, 2.05) is 24.3 Å². The summed E-state index contributed by atoms with van der Waals surface area (Å²) < 4.78 is 10.8. The van der Waals surface area contributed by atoms with Gasteiger partial charge in [0.2, 0.25) is 0 Å². The van der Waals surface area contributed by atoms with Gasteiger partial charge < -0.3 is 20.1 Å². The molecule has 0 fully saturated rings. The van der Waals surface area contributed by atoms with Crippen LogP contribution in [0.5, 0.6) is 11.5 Å². The van der Waals surface area contributed by atoms with Crippen molar-refractivity contribution in [2.45, 2.75) is 25.3 Å². The van der Waals surface area contributed by atoms with Crippen LogP contribution >= 0.6 is 24.0 Å². The number of rotatable bonds is 7. The molecule has 0 unspecified atom stereocenters. The number of hydrogen-bond acceptors (Lipinski definition) is 3. The van der Waals surface area contributed by atoms with E-state index in [0.717, 1.165) is 43.3 Å². The van der Waals surface area contributed by atoms with Crippen molar-refractivity contribution in [2.75, 3.05) is 27.3 Å². The molecule has 1 aliphatic carbocycles. The first kappa shape index (κ1) is 19.6. The van der Waals surface area contributed by atoms with Crippen LogP contribution in [0.25, 0.3) is 0 Å². The Morgan fingerprint density at radius 3 is 2.43 bits per heavy atom. The molecule has 2 rings (SSSR count). The highest BCUT2D eigenvalue weighted by atomic mass is 127. The van der Waals surface area contributed by atoms with E-state index in [2.05, 4.69) is 27.8 Å². The summed E-state index contributed by atoms with van der Waals surface area (Å²) in [5.41, 5.74) is 0. The monoisotopic (exact) mass is 431 g/mol. The van der Waals surface area contributed by atoms with Crippen LogP contribution in [-0.4, -0.2) is 39.3 Å². The fourth-order valence-electron chi connectivity index (χ4n) is 2.26. The average Bonchev–Trinajstić information content (AvgIpc) is 3.07. The molecule has 1 aromatic carbocycles. The maximum absolute atomic E-state index is 5.69. The smallest absolute Gasteiger partial charge is 0.191 e. The van der Waals surface area contributed by atoms with Gasteiger partial charge >= 0.3 is 0 Å². The first-order chi connectivity index (χ1) is 10.8. The largest absolute Gasteiger partial charge is 0.497 e. The van der Waals surface area contributed by atoms with E-state index in [9.17, 15) is 0 Å². The van der Waals surface area contributed by atoms with Gasteiger partial charge in [-0.15, -0.1) is 24.0 Å². The number of benzene rings is 1. The summed E-state index contributed by atoms with van der Waals surface area (Å²) in [7, 11) is 3.45. The Morgan fingerprint density at radius 2 is 1.83 bits per heavy atom. The molecule has 0 atom stereocenters. The predicted molar refractivity (Wildman–Crippen MR) is 105 cm³/mol. The van der Waals surface area contributed by atoms with Gasteiger partial charge in [-0.2, -0.15) is 0 Å². The highest BCUT2D eigenvalue weighted by molar-refractivity contribution is 14.0. The van der Waals surface area contributed by atoms with Crippen molar-refractivity contribution in [2.24, 2.45) is 4.99 Å². The van der Waals surface area contributed by atoms with Gasteiger partial charge in [0.05, 0.1) is 13.7 Å². The zero-order valence-electron chi connectivity index (χ0n) is 13.7.